The summed E-state index contributed by atoms with van der Waals surface area (Å²) in [7, 11) is 0. The Bertz CT molecular complexity index is 686. The Hall–Kier alpha value is -2.26. The molecule has 0 atom stereocenters. The van der Waals surface area contributed by atoms with Gasteiger partial charge >= 0.3 is 0 Å². The molecule has 0 radical (unpaired) electrons. The van der Waals surface area contributed by atoms with Crippen LogP contribution in [0.5, 0.6) is 0 Å². The highest BCUT2D eigenvalue weighted by Crippen LogP contribution is 2.25. The van der Waals surface area contributed by atoms with E-state index in [1.54, 1.807) is 0 Å². The molecule has 0 aliphatic heterocycles. The summed E-state index contributed by atoms with van der Waals surface area (Å²) in [5, 5.41) is 1.95. The first kappa shape index (κ1) is 11.8. The van der Waals surface area contributed by atoms with Gasteiger partial charge in [0.15, 0.2) is 6.29 Å². The van der Waals surface area contributed by atoms with E-state index in [-0.39, 0.29) is 0 Å². The molecule has 0 fully saturated rings. The molecule has 3 aromatic rings. The summed E-state index contributed by atoms with van der Waals surface area (Å²) in [5.74, 6) is 0. The monoisotopic (exact) mass is 265 g/mol. The Labute approximate surface area is 115 Å². The molecule has 2 aromatic heterocycles. The van der Waals surface area contributed by atoms with Gasteiger partial charge in [0.1, 0.15) is 0 Å². The van der Waals surface area contributed by atoms with E-state index in [1.165, 1.54) is 11.3 Å². The molecule has 0 spiro atoms. The van der Waals surface area contributed by atoms with Crippen molar-refractivity contribution in [2.24, 2.45) is 0 Å². The maximum absolute atomic E-state index is 10.7. The summed E-state index contributed by atoms with van der Waals surface area (Å²) in [5.41, 5.74) is 4.13. The molecular formula is C16H11NOS. The topological polar surface area (TPSA) is 30.0 Å². The highest BCUT2D eigenvalue weighted by molar-refractivity contribution is 7.12. The first-order valence-electron chi connectivity index (χ1n) is 5.92. The van der Waals surface area contributed by atoms with E-state index < -0.39 is 0 Å². The minimum absolute atomic E-state index is 0.726. The Morgan fingerprint density at radius 2 is 1.79 bits per heavy atom. The lowest BCUT2D eigenvalue weighted by molar-refractivity contribution is 0.112. The van der Waals surface area contributed by atoms with Crippen LogP contribution in [0.3, 0.4) is 0 Å². The number of carbonyl (C=O) groups excluding carboxylic acids is 1. The Kier molecular flexibility index (Phi) is 3.21. The number of nitrogens with zero attached hydrogens (tertiary/aromatic N) is 1. The van der Waals surface area contributed by atoms with Crippen molar-refractivity contribution in [2.45, 2.75) is 0 Å². The Morgan fingerprint density at radius 3 is 2.42 bits per heavy atom. The molecule has 0 amide bonds. The van der Waals surface area contributed by atoms with Gasteiger partial charge in [-0.1, -0.05) is 36.4 Å². The van der Waals surface area contributed by atoms with Crippen molar-refractivity contribution in [1.82, 2.24) is 4.98 Å². The molecule has 0 aliphatic rings. The fraction of sp³-hybridized carbons (Fsp3) is 0. The van der Waals surface area contributed by atoms with Gasteiger partial charge in [0.05, 0.1) is 10.6 Å². The van der Waals surface area contributed by atoms with Gasteiger partial charge in [0.25, 0.3) is 0 Å². The van der Waals surface area contributed by atoms with Crippen LogP contribution in [0, 0.1) is 0 Å². The number of hydrogen-bond acceptors (Lipinski definition) is 3. The second-order valence-corrected chi connectivity index (χ2v) is 5.10. The van der Waals surface area contributed by atoms with Gasteiger partial charge < -0.3 is 0 Å². The molecule has 0 saturated carbocycles. The van der Waals surface area contributed by atoms with Crippen molar-refractivity contribution in [1.29, 1.82) is 0 Å². The second-order valence-electron chi connectivity index (χ2n) is 4.15. The lowest BCUT2D eigenvalue weighted by atomic mass is 10.1. The van der Waals surface area contributed by atoms with Crippen LogP contribution in [-0.4, -0.2) is 11.3 Å². The number of benzene rings is 1. The maximum atomic E-state index is 10.7. The van der Waals surface area contributed by atoms with E-state index in [0.29, 0.717) is 0 Å². The predicted octanol–water partition coefficient (Wildman–Crippen LogP) is 4.29. The lowest BCUT2D eigenvalue weighted by Gasteiger charge is -2.02. The zero-order chi connectivity index (χ0) is 13.1. The number of pyridine rings is 1. The van der Waals surface area contributed by atoms with Crippen molar-refractivity contribution in [2.75, 3.05) is 0 Å². The summed E-state index contributed by atoms with van der Waals surface area (Å²) < 4.78 is 0. The van der Waals surface area contributed by atoms with Crippen LogP contribution in [0.2, 0.25) is 0 Å². The quantitative estimate of drug-likeness (QED) is 0.661. The molecule has 19 heavy (non-hydrogen) atoms. The number of thiophene rings is 1. The second kappa shape index (κ2) is 5.16. The van der Waals surface area contributed by atoms with Crippen LogP contribution < -0.4 is 0 Å². The molecule has 0 bridgehead atoms. The summed E-state index contributed by atoms with van der Waals surface area (Å²) in [6.45, 7) is 0. The van der Waals surface area contributed by atoms with Gasteiger partial charge in [-0.3, -0.25) is 9.78 Å². The smallest absolute Gasteiger partial charge is 0.160 e. The zero-order valence-electron chi connectivity index (χ0n) is 10.1. The summed E-state index contributed by atoms with van der Waals surface area (Å²) >= 11 is 1.44. The van der Waals surface area contributed by atoms with Gasteiger partial charge in [0.2, 0.25) is 0 Å². The molecule has 3 heteroatoms. The first-order chi connectivity index (χ1) is 9.36. The van der Waals surface area contributed by atoms with Gasteiger partial charge in [-0.25, -0.2) is 0 Å². The van der Waals surface area contributed by atoms with E-state index in [2.05, 4.69) is 23.2 Å². The van der Waals surface area contributed by atoms with Crippen LogP contribution in [0.1, 0.15) is 9.67 Å². The minimum Gasteiger partial charge on any atom is -0.297 e. The molecule has 1 aromatic carbocycles. The fourth-order valence-corrected chi connectivity index (χ4v) is 2.62. The van der Waals surface area contributed by atoms with E-state index in [0.717, 1.165) is 33.5 Å². The molecule has 0 N–H and O–H groups in total. The van der Waals surface area contributed by atoms with E-state index >= 15 is 0 Å². The van der Waals surface area contributed by atoms with Crippen LogP contribution in [0.25, 0.3) is 22.4 Å². The van der Waals surface area contributed by atoms with Crippen molar-refractivity contribution < 1.29 is 4.79 Å². The van der Waals surface area contributed by atoms with Crippen molar-refractivity contribution in [3.8, 4) is 22.4 Å². The molecule has 2 nitrogen and oxygen atoms in total. The first-order valence-corrected chi connectivity index (χ1v) is 6.80. The van der Waals surface area contributed by atoms with Crippen LogP contribution in [0.15, 0.2) is 60.1 Å². The van der Waals surface area contributed by atoms with E-state index in [9.17, 15) is 4.79 Å². The van der Waals surface area contributed by atoms with Gasteiger partial charge in [-0.05, 0) is 17.7 Å². The molecule has 0 saturated heterocycles. The molecular weight excluding hydrogens is 254 g/mol. The number of aldehydes is 1. The van der Waals surface area contributed by atoms with Gasteiger partial charge in [-0.2, -0.15) is 0 Å². The normalized spacial score (nSPS) is 10.3. The van der Waals surface area contributed by atoms with Crippen molar-refractivity contribution in [3.05, 3.63) is 65.0 Å². The molecule has 0 unspecified atom stereocenters. The van der Waals surface area contributed by atoms with Crippen LogP contribution >= 0.6 is 11.3 Å². The number of rotatable bonds is 3. The summed E-state index contributed by atoms with van der Waals surface area (Å²) in [4.78, 5) is 15.9. The molecule has 0 aliphatic carbocycles. The fourth-order valence-electron chi connectivity index (χ4n) is 1.91. The number of hydrogen-bond donors (Lipinski definition) is 0. The average molecular weight is 265 g/mol. The average Bonchev–Trinajstić information content (AvgIpc) is 2.97. The lowest BCUT2D eigenvalue weighted by Crippen LogP contribution is -1.83. The highest BCUT2D eigenvalue weighted by Gasteiger charge is 2.04. The van der Waals surface area contributed by atoms with E-state index in [1.807, 2.05) is 41.9 Å². The van der Waals surface area contributed by atoms with Crippen LogP contribution in [0.4, 0.5) is 0 Å². The highest BCUT2D eigenvalue weighted by atomic mass is 32.1. The predicted molar refractivity (Wildman–Crippen MR) is 78.4 cm³/mol. The summed E-state index contributed by atoms with van der Waals surface area (Å²) in [6.07, 6.45) is 2.73. The minimum atomic E-state index is 0.726. The standard InChI is InChI=1S/C16H11NOS/c18-10-15-8-14(11-19-15)16-7-6-13(9-17-16)12-4-2-1-3-5-12/h1-11H. The maximum Gasteiger partial charge on any atom is 0.160 e. The largest absolute Gasteiger partial charge is 0.297 e. The summed E-state index contributed by atoms with van der Waals surface area (Å²) in [6, 6.07) is 16.0. The molecule has 92 valence electrons. The molecule has 2 heterocycles. The Balaban J connectivity index is 1.92. The number of carbonyl (C=O) groups is 1. The third-order valence-corrected chi connectivity index (χ3v) is 3.76. The molecule has 3 rings (SSSR count). The zero-order valence-corrected chi connectivity index (χ0v) is 10.9. The number of aromatic nitrogens is 1. The third-order valence-electron chi connectivity index (χ3n) is 2.90. The van der Waals surface area contributed by atoms with E-state index in [4.69, 9.17) is 0 Å². The van der Waals surface area contributed by atoms with Crippen molar-refractivity contribution >= 4 is 17.6 Å². The van der Waals surface area contributed by atoms with Crippen LogP contribution in [-0.2, 0) is 0 Å². The van der Waals surface area contributed by atoms with Crippen molar-refractivity contribution in [3.63, 3.8) is 0 Å². The third kappa shape index (κ3) is 2.46. The van der Waals surface area contributed by atoms with Gasteiger partial charge in [-0.15, -0.1) is 11.3 Å². The Morgan fingerprint density at radius 1 is 0.947 bits per heavy atom. The SMILES string of the molecule is O=Cc1cc(-c2ccc(-c3ccccc3)cn2)cs1. The van der Waals surface area contributed by atoms with Gasteiger partial charge in [0, 0.05) is 22.7 Å².